The third-order valence-corrected chi connectivity index (χ3v) is 19.0. The highest BCUT2D eigenvalue weighted by Crippen LogP contribution is 2.76. The lowest BCUT2D eigenvalue weighted by atomic mass is 9.33. The Labute approximate surface area is 382 Å². The number of carboxylic acids is 1. The summed E-state index contributed by atoms with van der Waals surface area (Å²) < 4.78 is 41.6. The van der Waals surface area contributed by atoms with Crippen molar-refractivity contribution in [1.82, 2.24) is 0 Å². The summed E-state index contributed by atoms with van der Waals surface area (Å²) in [5.41, 5.74) is -0.582. The molecule has 0 spiro atoms. The number of fused-ring (bicyclic) bond motifs is 7. The highest BCUT2D eigenvalue weighted by atomic mass is 16.8. The van der Waals surface area contributed by atoms with Crippen molar-refractivity contribution in [3.05, 3.63) is 11.6 Å². The maximum atomic E-state index is 13.1. The van der Waals surface area contributed by atoms with E-state index in [1.54, 1.807) is 0 Å². The molecule has 0 amide bonds. The first-order valence-corrected chi connectivity index (χ1v) is 24.0. The first-order valence-electron chi connectivity index (χ1n) is 24.0. The Balaban J connectivity index is 1.01. The van der Waals surface area contributed by atoms with Crippen molar-refractivity contribution < 1.29 is 83.6 Å². The Morgan fingerprint density at radius 1 is 0.754 bits per heavy atom. The predicted octanol–water partition coefficient (Wildman–Crippen LogP) is 2.56. The zero-order chi connectivity index (χ0) is 47.4. The molecule has 65 heavy (non-hydrogen) atoms. The van der Waals surface area contributed by atoms with E-state index in [0.29, 0.717) is 19.3 Å². The number of esters is 1. The van der Waals surface area contributed by atoms with Crippen molar-refractivity contribution in [1.29, 1.82) is 0 Å². The van der Waals surface area contributed by atoms with Crippen LogP contribution in [0.15, 0.2) is 11.6 Å². The van der Waals surface area contributed by atoms with Gasteiger partial charge in [-0.3, -0.25) is 9.59 Å². The van der Waals surface area contributed by atoms with Gasteiger partial charge in [-0.05, 0) is 111 Å². The molecule has 0 aromatic rings. The molecule has 8 aliphatic rings. The number of carbonyl (C=O) groups is 2. The van der Waals surface area contributed by atoms with Crippen LogP contribution in [0.25, 0.3) is 0 Å². The second kappa shape index (κ2) is 17.5. The number of hydrogen-bond acceptors (Lipinski definition) is 16. The largest absolute Gasteiger partial charge is 0.481 e. The summed E-state index contributed by atoms with van der Waals surface area (Å²) in [5, 5.41) is 87.9. The molecule has 0 radical (unpaired) electrons. The summed E-state index contributed by atoms with van der Waals surface area (Å²) in [6, 6.07) is 0. The van der Waals surface area contributed by atoms with Crippen LogP contribution in [0, 0.1) is 50.2 Å². The first-order chi connectivity index (χ1) is 30.4. The quantitative estimate of drug-likeness (QED) is 0.0890. The highest BCUT2D eigenvalue weighted by Gasteiger charge is 2.70. The molecule has 22 atom stereocenters. The average Bonchev–Trinajstić information content (AvgIpc) is 3.53. The van der Waals surface area contributed by atoms with Crippen LogP contribution in [0.2, 0.25) is 0 Å². The SMILES string of the molecule is CC(=O)OC1C(CO)OC(OC2C(O)C(C)OC(OC3C(OC4CCC5(C)C(CCC6(C)C5CC=C5C7CC(C)(C)CCC7(C(=O)O)CCC56C)C4(C)CO)OCC(O)C3O)C2O)C1O. The molecule has 17 heteroatoms. The van der Waals surface area contributed by atoms with E-state index >= 15 is 0 Å². The van der Waals surface area contributed by atoms with Crippen LogP contribution >= 0.6 is 0 Å². The predicted molar refractivity (Wildman–Crippen MR) is 228 cm³/mol. The van der Waals surface area contributed by atoms with Gasteiger partial charge in [0.25, 0.3) is 0 Å². The zero-order valence-corrected chi connectivity index (χ0v) is 39.3. The summed E-state index contributed by atoms with van der Waals surface area (Å²) in [4.78, 5) is 24.8. The second-order valence-corrected chi connectivity index (χ2v) is 22.9. The van der Waals surface area contributed by atoms with Gasteiger partial charge in [0.2, 0.25) is 0 Å². The Kier molecular flexibility index (Phi) is 13.4. The van der Waals surface area contributed by atoms with Crippen LogP contribution < -0.4 is 0 Å². The van der Waals surface area contributed by atoms with E-state index in [4.69, 9.17) is 33.2 Å². The van der Waals surface area contributed by atoms with Gasteiger partial charge in [-0.25, -0.2) is 0 Å². The maximum Gasteiger partial charge on any atom is 0.310 e. The van der Waals surface area contributed by atoms with Crippen molar-refractivity contribution in [2.24, 2.45) is 50.2 Å². The molecule has 3 saturated heterocycles. The molecule has 8 rings (SSSR count). The summed E-state index contributed by atoms with van der Waals surface area (Å²) in [6.45, 7) is 15.4. The lowest BCUT2D eigenvalue weighted by Gasteiger charge is -2.71. The van der Waals surface area contributed by atoms with E-state index in [9.17, 15) is 50.4 Å². The third-order valence-electron chi connectivity index (χ3n) is 19.0. The van der Waals surface area contributed by atoms with E-state index in [-0.39, 0.29) is 52.6 Å². The molecule has 0 bridgehead atoms. The summed E-state index contributed by atoms with van der Waals surface area (Å²) in [7, 11) is 0. The van der Waals surface area contributed by atoms with Crippen molar-refractivity contribution in [3.63, 3.8) is 0 Å². The van der Waals surface area contributed by atoms with E-state index in [2.05, 4.69) is 47.6 Å². The first kappa shape index (κ1) is 49.6. The van der Waals surface area contributed by atoms with Gasteiger partial charge in [0.15, 0.2) is 25.0 Å². The number of aliphatic carboxylic acids is 1. The van der Waals surface area contributed by atoms with Gasteiger partial charge >= 0.3 is 11.9 Å². The number of rotatable bonds is 10. The van der Waals surface area contributed by atoms with E-state index in [0.717, 1.165) is 51.9 Å². The standard InChI is InChI=1S/C48H76O17/c1-23-32(53)37(64-40-34(55)36(61-24(2)51)28(20-49)62-40)35(56)39(60-23)65-38-33(54)27(52)21-59-41(38)63-31-12-13-44(5)29(45(31,6)22-50)11-14-47(8)30(44)10-9-25-26-19-43(3,4)15-17-48(26,42(57)58)18-16-46(25,47)7/h9,23,26-41,49-50,52-56H,10-22H2,1-8H3,(H,57,58). The molecule has 5 aliphatic carbocycles. The molecule has 4 saturated carbocycles. The molecule has 22 unspecified atom stereocenters. The van der Waals surface area contributed by atoms with Crippen molar-refractivity contribution >= 4 is 11.9 Å². The number of carboxylic acid groups (broad SMARTS) is 1. The lowest BCUT2D eigenvalue weighted by Crippen LogP contribution is -2.67. The maximum absolute atomic E-state index is 13.1. The number of aliphatic hydroxyl groups is 7. The number of ether oxygens (including phenoxy) is 7. The minimum atomic E-state index is -1.76. The smallest absolute Gasteiger partial charge is 0.310 e. The Morgan fingerprint density at radius 3 is 2.08 bits per heavy atom. The van der Waals surface area contributed by atoms with Crippen LogP contribution in [-0.2, 0) is 42.7 Å². The van der Waals surface area contributed by atoms with Gasteiger partial charge in [0.05, 0.1) is 37.4 Å². The molecule has 370 valence electrons. The molecule has 0 aromatic heterocycles. The van der Waals surface area contributed by atoms with Gasteiger partial charge in [-0.2, -0.15) is 0 Å². The number of carbonyl (C=O) groups excluding carboxylic acids is 1. The van der Waals surface area contributed by atoms with Gasteiger partial charge in [-0.1, -0.05) is 53.2 Å². The lowest BCUT2D eigenvalue weighted by molar-refractivity contribution is -0.374. The fraction of sp³-hybridized carbons (Fsp3) is 0.917. The van der Waals surface area contributed by atoms with E-state index < -0.39 is 115 Å². The molecule has 0 aromatic carbocycles. The van der Waals surface area contributed by atoms with Crippen molar-refractivity contribution in [2.75, 3.05) is 19.8 Å². The Hall–Kier alpha value is -1.84. The highest BCUT2D eigenvalue weighted by molar-refractivity contribution is 5.76. The van der Waals surface area contributed by atoms with E-state index in [1.165, 1.54) is 12.5 Å². The van der Waals surface area contributed by atoms with Crippen LogP contribution in [0.3, 0.4) is 0 Å². The molecule has 3 heterocycles. The molecule has 3 aliphatic heterocycles. The molecule has 7 fully saturated rings. The van der Waals surface area contributed by atoms with Gasteiger partial charge in [0, 0.05) is 12.3 Å². The topological polar surface area (TPSA) is 261 Å². The van der Waals surface area contributed by atoms with Gasteiger partial charge < -0.3 is 74.0 Å². The normalized spacial score (nSPS) is 52.8. The average molecular weight is 925 g/mol. The summed E-state index contributed by atoms with van der Waals surface area (Å²) in [5.74, 6) is -1.10. The number of aliphatic hydroxyl groups excluding tert-OH is 7. The fourth-order valence-corrected chi connectivity index (χ4v) is 14.9. The number of allylic oxidation sites excluding steroid dienone is 2. The van der Waals surface area contributed by atoms with Gasteiger partial charge in [0.1, 0.15) is 48.8 Å². The van der Waals surface area contributed by atoms with Crippen molar-refractivity contribution in [2.45, 2.75) is 206 Å². The fourth-order valence-electron chi connectivity index (χ4n) is 14.9. The van der Waals surface area contributed by atoms with Gasteiger partial charge in [-0.15, -0.1) is 0 Å². The van der Waals surface area contributed by atoms with Crippen LogP contribution in [-0.4, -0.2) is 159 Å². The summed E-state index contributed by atoms with van der Waals surface area (Å²) >= 11 is 0. The molecule has 8 N–H and O–H groups in total. The Morgan fingerprint density at radius 2 is 1.42 bits per heavy atom. The van der Waals surface area contributed by atoms with Crippen molar-refractivity contribution in [3.8, 4) is 0 Å². The molecule has 17 nitrogen and oxygen atoms in total. The minimum absolute atomic E-state index is 0.000648. The molecular weight excluding hydrogens is 849 g/mol. The third kappa shape index (κ3) is 7.86. The zero-order valence-electron chi connectivity index (χ0n) is 39.3. The van der Waals surface area contributed by atoms with Crippen LogP contribution in [0.4, 0.5) is 0 Å². The second-order valence-electron chi connectivity index (χ2n) is 22.9. The van der Waals surface area contributed by atoms with Crippen LogP contribution in [0.5, 0.6) is 0 Å². The monoisotopic (exact) mass is 925 g/mol. The van der Waals surface area contributed by atoms with Crippen LogP contribution in [0.1, 0.15) is 120 Å². The molecular formula is C48H76O17. The number of hydrogen-bond donors (Lipinski definition) is 8. The van der Waals surface area contributed by atoms with E-state index in [1.807, 2.05) is 0 Å². The summed E-state index contributed by atoms with van der Waals surface area (Å²) in [6.07, 6.45) is -8.89. The minimum Gasteiger partial charge on any atom is -0.481 e. The Bertz CT molecular complexity index is 1810.